The zero-order valence-corrected chi connectivity index (χ0v) is 16.7. The molecule has 5 rings (SSSR count). The van der Waals surface area contributed by atoms with Gasteiger partial charge in [-0.15, -0.1) is 0 Å². The summed E-state index contributed by atoms with van der Waals surface area (Å²) in [6, 6.07) is 0. The van der Waals surface area contributed by atoms with Gasteiger partial charge in [0.1, 0.15) is 0 Å². The van der Waals surface area contributed by atoms with Crippen LogP contribution in [0.25, 0.3) is 0 Å². The summed E-state index contributed by atoms with van der Waals surface area (Å²) in [5.74, 6) is 1.26. The Morgan fingerprint density at radius 3 is 2.89 bits per heavy atom. The van der Waals surface area contributed by atoms with Gasteiger partial charge in [0.15, 0.2) is 12.1 Å². The molecule has 0 spiro atoms. The summed E-state index contributed by atoms with van der Waals surface area (Å²) in [6.45, 7) is 6.72. The van der Waals surface area contributed by atoms with Gasteiger partial charge in [0.05, 0.1) is 18.3 Å². The first-order valence-electron chi connectivity index (χ1n) is 10.8. The van der Waals surface area contributed by atoms with Crippen molar-refractivity contribution in [3.8, 4) is 0 Å². The summed E-state index contributed by atoms with van der Waals surface area (Å²) in [4.78, 5) is 11.9. The fraction of sp³-hybridized carbons (Fsp3) is 0.783. The average Bonchev–Trinajstić information content (AvgIpc) is 3.12. The second kappa shape index (κ2) is 6.01. The van der Waals surface area contributed by atoms with E-state index in [0.29, 0.717) is 11.8 Å². The number of allylic oxidation sites excluding steroid dienone is 4. The fourth-order valence-corrected chi connectivity index (χ4v) is 7.41. The molecule has 0 bridgehead atoms. The Morgan fingerprint density at radius 1 is 1.30 bits per heavy atom. The van der Waals surface area contributed by atoms with Crippen molar-refractivity contribution >= 4 is 5.78 Å². The number of carbonyl (C=O) groups is 1. The van der Waals surface area contributed by atoms with Crippen LogP contribution in [0.1, 0.15) is 59.3 Å². The van der Waals surface area contributed by atoms with E-state index in [-0.39, 0.29) is 47.1 Å². The molecule has 0 amide bonds. The Balaban J connectivity index is 1.46. The Kier molecular flexibility index (Phi) is 4.03. The minimum Gasteiger partial charge on any atom is -0.393 e. The van der Waals surface area contributed by atoms with Crippen LogP contribution in [0.4, 0.5) is 0 Å². The lowest BCUT2D eigenvalue weighted by atomic mass is 9.47. The van der Waals surface area contributed by atoms with Crippen LogP contribution < -0.4 is 0 Å². The minimum absolute atomic E-state index is 0.0144. The van der Waals surface area contributed by atoms with E-state index in [0.717, 1.165) is 38.5 Å². The van der Waals surface area contributed by atoms with Gasteiger partial charge in [0, 0.05) is 16.7 Å². The van der Waals surface area contributed by atoms with Crippen molar-refractivity contribution in [2.75, 3.05) is 0 Å². The van der Waals surface area contributed by atoms with Crippen molar-refractivity contribution in [2.24, 2.45) is 28.6 Å². The molecule has 4 heteroatoms. The van der Waals surface area contributed by atoms with Crippen molar-refractivity contribution < 1.29 is 19.4 Å². The van der Waals surface area contributed by atoms with Crippen LogP contribution in [0.15, 0.2) is 23.8 Å². The summed E-state index contributed by atoms with van der Waals surface area (Å²) in [5, 5.41) is 11.3. The van der Waals surface area contributed by atoms with E-state index in [1.54, 1.807) is 6.08 Å². The number of fused-ring (bicyclic) bond motifs is 7. The lowest BCUT2D eigenvalue weighted by Crippen LogP contribution is -2.56. The molecule has 0 aromatic heterocycles. The van der Waals surface area contributed by atoms with E-state index in [1.165, 1.54) is 5.57 Å². The minimum atomic E-state index is -0.365. The zero-order valence-electron chi connectivity index (χ0n) is 16.7. The van der Waals surface area contributed by atoms with Crippen LogP contribution in [-0.2, 0) is 14.3 Å². The van der Waals surface area contributed by atoms with Crippen molar-refractivity contribution in [1.29, 1.82) is 0 Å². The predicted octanol–water partition coefficient (Wildman–Crippen LogP) is 3.79. The number of hydrogen-bond acceptors (Lipinski definition) is 4. The predicted molar refractivity (Wildman–Crippen MR) is 102 cm³/mol. The molecule has 1 heterocycles. The third-order valence-electron chi connectivity index (χ3n) is 8.55. The van der Waals surface area contributed by atoms with Crippen LogP contribution in [-0.4, -0.2) is 35.5 Å². The van der Waals surface area contributed by atoms with E-state index in [2.05, 4.69) is 26.8 Å². The van der Waals surface area contributed by atoms with E-state index in [4.69, 9.17) is 9.47 Å². The molecule has 8 unspecified atom stereocenters. The highest BCUT2D eigenvalue weighted by atomic mass is 16.7. The molecule has 9 atom stereocenters. The van der Waals surface area contributed by atoms with Crippen molar-refractivity contribution in [3.05, 3.63) is 23.8 Å². The van der Waals surface area contributed by atoms with Crippen LogP contribution in [0.5, 0.6) is 0 Å². The number of ether oxygens (including phenoxy) is 2. The average molecular weight is 373 g/mol. The monoisotopic (exact) mass is 372 g/mol. The molecule has 0 aromatic rings. The van der Waals surface area contributed by atoms with Gasteiger partial charge in [0.2, 0.25) is 0 Å². The summed E-state index contributed by atoms with van der Waals surface area (Å²) >= 11 is 0. The van der Waals surface area contributed by atoms with Crippen molar-refractivity contribution in [3.63, 3.8) is 0 Å². The number of aliphatic hydroxyl groups is 1. The van der Waals surface area contributed by atoms with Gasteiger partial charge < -0.3 is 14.6 Å². The number of aliphatic hydroxyl groups excluding tert-OH is 1. The topological polar surface area (TPSA) is 55.8 Å². The second-order valence-corrected chi connectivity index (χ2v) is 9.99. The highest BCUT2D eigenvalue weighted by Crippen LogP contribution is 2.66. The molecule has 148 valence electrons. The Morgan fingerprint density at radius 2 is 2.11 bits per heavy atom. The van der Waals surface area contributed by atoms with E-state index < -0.39 is 0 Å². The summed E-state index contributed by atoms with van der Waals surface area (Å²) in [6.07, 6.45) is 11.3. The largest absolute Gasteiger partial charge is 0.393 e. The molecule has 4 aliphatic carbocycles. The molecule has 27 heavy (non-hydrogen) atoms. The lowest BCUT2D eigenvalue weighted by molar-refractivity contribution is -0.160. The molecule has 1 saturated heterocycles. The Hall–Kier alpha value is -0.970. The number of rotatable bonds is 2. The lowest BCUT2D eigenvalue weighted by Gasteiger charge is -2.58. The Labute approximate surface area is 162 Å². The van der Waals surface area contributed by atoms with Crippen molar-refractivity contribution in [1.82, 2.24) is 0 Å². The van der Waals surface area contributed by atoms with Gasteiger partial charge in [0.25, 0.3) is 0 Å². The molecule has 0 aromatic carbocycles. The summed E-state index contributed by atoms with van der Waals surface area (Å²) in [5.41, 5.74) is 1.01. The van der Waals surface area contributed by atoms with Crippen LogP contribution in [0.2, 0.25) is 0 Å². The highest BCUT2D eigenvalue weighted by molar-refractivity contribution is 6.01. The smallest absolute Gasteiger partial charge is 0.178 e. The highest BCUT2D eigenvalue weighted by Gasteiger charge is 2.66. The second-order valence-electron chi connectivity index (χ2n) is 9.99. The maximum absolute atomic E-state index is 11.9. The SMILES string of the molecule is CCCC1OC2C[C@H]3C4CCC5=CC(=O)C=CC5(C)C4C(O)CC3(C)C2O1. The van der Waals surface area contributed by atoms with Crippen molar-refractivity contribution in [2.45, 2.75) is 83.9 Å². The molecule has 1 aliphatic heterocycles. The standard InChI is InChI=1S/C23H32O4/c1-4-5-19-26-18-11-16-15-7-6-13-10-14(24)8-9-22(13,2)20(15)17(25)12-23(16,3)21(18)27-19/h8-10,15-21,25H,4-7,11-12H2,1-3H3/t15?,16-,17?,18?,19?,20?,21?,22?,23?/m0/s1. The fourth-order valence-electron chi connectivity index (χ4n) is 7.41. The number of hydrogen-bond donors (Lipinski definition) is 1. The van der Waals surface area contributed by atoms with E-state index >= 15 is 0 Å². The summed E-state index contributed by atoms with van der Waals surface area (Å²) in [7, 11) is 0. The van der Waals surface area contributed by atoms with Gasteiger partial charge in [-0.05, 0) is 56.1 Å². The van der Waals surface area contributed by atoms with Gasteiger partial charge in [-0.2, -0.15) is 0 Å². The maximum atomic E-state index is 11.9. The third-order valence-corrected chi connectivity index (χ3v) is 8.55. The van der Waals surface area contributed by atoms with Gasteiger partial charge in [-0.1, -0.05) is 38.8 Å². The van der Waals surface area contributed by atoms with Gasteiger partial charge in [-0.3, -0.25) is 4.79 Å². The maximum Gasteiger partial charge on any atom is 0.178 e. The van der Waals surface area contributed by atoms with Crippen LogP contribution >= 0.6 is 0 Å². The first kappa shape index (κ1) is 18.1. The van der Waals surface area contributed by atoms with Crippen LogP contribution in [0.3, 0.4) is 0 Å². The normalized spacial score (nSPS) is 53.4. The molecule has 4 nitrogen and oxygen atoms in total. The number of carbonyl (C=O) groups excluding carboxylic acids is 1. The molecule has 4 fully saturated rings. The van der Waals surface area contributed by atoms with Gasteiger partial charge in [-0.25, -0.2) is 0 Å². The van der Waals surface area contributed by atoms with Gasteiger partial charge >= 0.3 is 0 Å². The Bertz CT molecular complexity index is 711. The third kappa shape index (κ3) is 2.42. The quantitative estimate of drug-likeness (QED) is 0.801. The van der Waals surface area contributed by atoms with Crippen LogP contribution in [0, 0.1) is 28.6 Å². The molecular formula is C23H32O4. The molecule has 3 saturated carbocycles. The zero-order chi connectivity index (χ0) is 19.0. The summed E-state index contributed by atoms with van der Waals surface area (Å²) < 4.78 is 12.6. The first-order valence-corrected chi connectivity index (χ1v) is 10.8. The van der Waals surface area contributed by atoms with E-state index in [1.807, 2.05) is 6.08 Å². The molecule has 1 N–H and O–H groups in total. The number of ketones is 1. The molecule has 5 aliphatic rings. The molecular weight excluding hydrogens is 340 g/mol. The first-order chi connectivity index (χ1) is 12.9. The van der Waals surface area contributed by atoms with E-state index in [9.17, 15) is 9.90 Å². The molecule has 0 radical (unpaired) electrons.